The first-order chi connectivity index (χ1) is 8.34. The van der Waals surface area contributed by atoms with E-state index in [1.807, 2.05) is 29.2 Å². The van der Waals surface area contributed by atoms with E-state index in [2.05, 4.69) is 15.5 Å². The number of hydrogen-bond acceptors (Lipinski definition) is 4. The topological polar surface area (TPSA) is 67.9 Å². The summed E-state index contributed by atoms with van der Waals surface area (Å²) >= 11 is 0. The van der Waals surface area contributed by atoms with Crippen LogP contribution in [0, 0.1) is 0 Å². The largest absolute Gasteiger partial charge is 0.390 e. The van der Waals surface area contributed by atoms with Gasteiger partial charge in [0, 0.05) is 37.9 Å². The van der Waals surface area contributed by atoms with Gasteiger partial charge in [0.15, 0.2) is 0 Å². The van der Waals surface area contributed by atoms with Crippen molar-refractivity contribution < 1.29 is 5.11 Å². The lowest BCUT2D eigenvalue weighted by molar-refractivity contribution is 0.146. The van der Waals surface area contributed by atoms with E-state index in [-0.39, 0.29) is 0 Å². The van der Waals surface area contributed by atoms with Crippen LogP contribution in [0.5, 0.6) is 0 Å². The Morgan fingerprint density at radius 3 is 2.47 bits per heavy atom. The maximum Gasteiger partial charge on any atom is 0.0860 e. The Bertz CT molecular complexity index is 397. The van der Waals surface area contributed by atoms with Gasteiger partial charge in [0.2, 0.25) is 0 Å². The fourth-order valence-corrected chi connectivity index (χ4v) is 1.58. The van der Waals surface area contributed by atoms with Crippen LogP contribution >= 0.6 is 0 Å². The van der Waals surface area contributed by atoms with Gasteiger partial charge in [-0.15, -0.1) is 0 Å². The van der Waals surface area contributed by atoms with Crippen LogP contribution in [0.2, 0.25) is 0 Å². The molecule has 6 nitrogen and oxygen atoms in total. The zero-order valence-corrected chi connectivity index (χ0v) is 9.61. The number of hydrogen-bond donors (Lipinski definition) is 2. The van der Waals surface area contributed by atoms with Crippen LogP contribution in [0.4, 0.5) is 0 Å². The summed E-state index contributed by atoms with van der Waals surface area (Å²) in [5.41, 5.74) is 0. The van der Waals surface area contributed by atoms with Crippen molar-refractivity contribution in [3.8, 4) is 0 Å². The molecule has 0 aliphatic rings. The summed E-state index contributed by atoms with van der Waals surface area (Å²) in [6.07, 6.45) is 6.80. The van der Waals surface area contributed by atoms with E-state index in [0.717, 1.165) is 13.1 Å². The van der Waals surface area contributed by atoms with Gasteiger partial charge in [0.1, 0.15) is 0 Å². The summed E-state index contributed by atoms with van der Waals surface area (Å²) in [5.74, 6) is 0. The number of aliphatic hydroxyl groups is 1. The monoisotopic (exact) mass is 235 g/mol. The normalized spacial score (nSPS) is 12.8. The van der Waals surface area contributed by atoms with Crippen molar-refractivity contribution in [1.82, 2.24) is 24.9 Å². The highest BCUT2D eigenvalue weighted by Crippen LogP contribution is 1.90. The third kappa shape index (κ3) is 4.01. The van der Waals surface area contributed by atoms with Gasteiger partial charge in [-0.25, -0.2) is 0 Å². The molecule has 2 N–H and O–H groups in total. The second kappa shape index (κ2) is 6.17. The Hall–Kier alpha value is -1.66. The van der Waals surface area contributed by atoms with E-state index >= 15 is 0 Å². The Labute approximate surface area is 99.9 Å². The standard InChI is InChI=1S/C11H17N5O/c17-11(10-16-7-2-4-14-16)9-12-5-8-15-6-1-3-13-15/h1-4,6-7,11-12,17H,5,8-10H2/t11-/m1/s1. The molecule has 0 bridgehead atoms. The lowest BCUT2D eigenvalue weighted by Crippen LogP contribution is -2.32. The van der Waals surface area contributed by atoms with E-state index < -0.39 is 6.10 Å². The van der Waals surface area contributed by atoms with Gasteiger partial charge in [0.25, 0.3) is 0 Å². The zero-order valence-electron chi connectivity index (χ0n) is 9.61. The van der Waals surface area contributed by atoms with Gasteiger partial charge in [-0.2, -0.15) is 10.2 Å². The lowest BCUT2D eigenvalue weighted by Gasteiger charge is -2.11. The second-order valence-electron chi connectivity index (χ2n) is 3.86. The molecule has 1 atom stereocenters. The molecule has 2 aromatic heterocycles. The van der Waals surface area contributed by atoms with Crippen molar-refractivity contribution >= 4 is 0 Å². The Balaban J connectivity index is 1.58. The molecule has 0 spiro atoms. The Morgan fingerprint density at radius 2 is 1.82 bits per heavy atom. The first-order valence-corrected chi connectivity index (χ1v) is 5.68. The van der Waals surface area contributed by atoms with Crippen molar-refractivity contribution in [2.24, 2.45) is 0 Å². The smallest absolute Gasteiger partial charge is 0.0860 e. The summed E-state index contributed by atoms with van der Waals surface area (Å²) in [6, 6.07) is 3.74. The molecule has 2 heterocycles. The molecule has 0 aliphatic carbocycles. The van der Waals surface area contributed by atoms with E-state index in [1.165, 1.54) is 0 Å². The minimum Gasteiger partial charge on any atom is -0.390 e. The van der Waals surface area contributed by atoms with Gasteiger partial charge in [-0.3, -0.25) is 9.36 Å². The minimum absolute atomic E-state index is 0.424. The zero-order chi connectivity index (χ0) is 11.9. The average molecular weight is 235 g/mol. The first kappa shape index (κ1) is 11.8. The summed E-state index contributed by atoms with van der Waals surface area (Å²) in [7, 11) is 0. The van der Waals surface area contributed by atoms with E-state index in [4.69, 9.17) is 0 Å². The number of rotatable bonds is 7. The van der Waals surface area contributed by atoms with Crippen LogP contribution in [0.3, 0.4) is 0 Å². The van der Waals surface area contributed by atoms with Crippen molar-refractivity contribution in [3.63, 3.8) is 0 Å². The maximum atomic E-state index is 9.73. The number of nitrogens with zero attached hydrogens (tertiary/aromatic N) is 4. The number of aliphatic hydroxyl groups excluding tert-OH is 1. The maximum absolute atomic E-state index is 9.73. The van der Waals surface area contributed by atoms with Crippen LogP contribution < -0.4 is 5.32 Å². The molecular weight excluding hydrogens is 218 g/mol. The predicted molar refractivity (Wildman–Crippen MR) is 63.3 cm³/mol. The summed E-state index contributed by atoms with van der Waals surface area (Å²) in [5, 5.41) is 21.0. The molecule has 0 aromatic carbocycles. The van der Waals surface area contributed by atoms with Crippen LogP contribution in [-0.4, -0.2) is 43.9 Å². The molecule has 2 rings (SSSR count). The van der Waals surface area contributed by atoms with Gasteiger partial charge in [-0.05, 0) is 12.1 Å². The highest BCUT2D eigenvalue weighted by molar-refractivity contribution is 4.79. The van der Waals surface area contributed by atoms with Gasteiger partial charge in [-0.1, -0.05) is 0 Å². The molecule has 2 aromatic rings. The summed E-state index contributed by atoms with van der Waals surface area (Å²) in [4.78, 5) is 0. The third-order valence-electron chi connectivity index (χ3n) is 2.41. The molecule has 0 amide bonds. The first-order valence-electron chi connectivity index (χ1n) is 5.68. The Kier molecular flexibility index (Phi) is 4.29. The SMILES string of the molecule is O[C@H](CNCCn1cccn1)Cn1cccn1. The van der Waals surface area contributed by atoms with Crippen molar-refractivity contribution in [2.45, 2.75) is 19.2 Å². The molecule has 92 valence electrons. The molecule has 0 aliphatic heterocycles. The van der Waals surface area contributed by atoms with Crippen LogP contribution in [0.15, 0.2) is 36.9 Å². The average Bonchev–Trinajstić information content (AvgIpc) is 2.96. The van der Waals surface area contributed by atoms with Crippen LogP contribution in [0.25, 0.3) is 0 Å². The molecule has 0 fully saturated rings. The van der Waals surface area contributed by atoms with Gasteiger partial charge < -0.3 is 10.4 Å². The lowest BCUT2D eigenvalue weighted by atomic mass is 10.3. The molecule has 0 saturated carbocycles. The minimum atomic E-state index is -0.424. The molecule has 0 unspecified atom stereocenters. The second-order valence-corrected chi connectivity index (χ2v) is 3.86. The Morgan fingerprint density at radius 1 is 1.12 bits per heavy atom. The van der Waals surface area contributed by atoms with Crippen LogP contribution in [-0.2, 0) is 13.1 Å². The third-order valence-corrected chi connectivity index (χ3v) is 2.41. The molecule has 0 saturated heterocycles. The fraction of sp³-hybridized carbons (Fsp3) is 0.455. The summed E-state index contributed by atoms with van der Waals surface area (Å²) in [6.45, 7) is 2.67. The van der Waals surface area contributed by atoms with Gasteiger partial charge in [0.05, 0.1) is 19.2 Å². The van der Waals surface area contributed by atoms with E-state index in [0.29, 0.717) is 13.1 Å². The fourth-order valence-electron chi connectivity index (χ4n) is 1.58. The summed E-state index contributed by atoms with van der Waals surface area (Å²) < 4.78 is 3.58. The van der Waals surface area contributed by atoms with E-state index in [9.17, 15) is 5.11 Å². The van der Waals surface area contributed by atoms with E-state index in [1.54, 1.807) is 17.1 Å². The molecule has 0 radical (unpaired) electrons. The van der Waals surface area contributed by atoms with Crippen molar-refractivity contribution in [2.75, 3.05) is 13.1 Å². The predicted octanol–water partition coefficient (Wildman–Crippen LogP) is -0.270. The van der Waals surface area contributed by atoms with Crippen molar-refractivity contribution in [3.05, 3.63) is 36.9 Å². The number of nitrogens with one attached hydrogen (secondary N) is 1. The molecule has 17 heavy (non-hydrogen) atoms. The molecule has 6 heteroatoms. The van der Waals surface area contributed by atoms with Gasteiger partial charge >= 0.3 is 0 Å². The quantitative estimate of drug-likeness (QED) is 0.648. The number of aromatic nitrogens is 4. The molecular formula is C11H17N5O. The van der Waals surface area contributed by atoms with Crippen LogP contribution in [0.1, 0.15) is 0 Å². The highest BCUT2D eigenvalue weighted by atomic mass is 16.3. The highest BCUT2D eigenvalue weighted by Gasteiger charge is 2.04. The van der Waals surface area contributed by atoms with Crippen molar-refractivity contribution in [1.29, 1.82) is 0 Å².